The van der Waals surface area contributed by atoms with Gasteiger partial charge in [0.15, 0.2) is 0 Å². The van der Waals surface area contributed by atoms with Crippen LogP contribution in [0.3, 0.4) is 0 Å². The average molecular weight is 702 g/mol. The number of hydrogen-bond donors (Lipinski definition) is 0. The van der Waals surface area contributed by atoms with Crippen molar-refractivity contribution in [2.75, 3.05) is 0 Å². The minimum Gasteiger partial charge on any atom is -0.309 e. The Bertz CT molecular complexity index is 3380. The third-order valence-electron chi connectivity index (χ3n) is 11.6. The fourth-order valence-corrected chi connectivity index (χ4v) is 10.5. The summed E-state index contributed by atoms with van der Waals surface area (Å²) in [6, 6.07) is 69.6. The van der Waals surface area contributed by atoms with Gasteiger partial charge in [-0.25, -0.2) is 0 Å². The Balaban J connectivity index is 1.09. The zero-order valence-electron chi connectivity index (χ0n) is 29.3. The zero-order valence-corrected chi connectivity index (χ0v) is 30.1. The maximum absolute atomic E-state index is 2.46. The first-order valence-electron chi connectivity index (χ1n) is 18.6. The molecule has 54 heavy (non-hydrogen) atoms. The van der Waals surface area contributed by atoms with Crippen LogP contribution in [0.25, 0.3) is 113 Å². The highest BCUT2D eigenvalue weighted by Gasteiger charge is 2.20. The van der Waals surface area contributed by atoms with Crippen LogP contribution >= 0.6 is 11.3 Å². The second-order valence-corrected chi connectivity index (χ2v) is 15.4. The Morgan fingerprint density at radius 3 is 1.31 bits per heavy atom. The fraction of sp³-hybridized carbons (Fsp3) is 0. The van der Waals surface area contributed by atoms with Gasteiger partial charge in [0.1, 0.15) is 0 Å². The summed E-state index contributed by atoms with van der Waals surface area (Å²) >= 11 is 1.92. The summed E-state index contributed by atoms with van der Waals surface area (Å²) in [5, 5.41) is 15.6. The van der Waals surface area contributed by atoms with E-state index in [-0.39, 0.29) is 0 Å². The Kier molecular flexibility index (Phi) is 6.28. The standard InChI is InChI=1S/C52H31NS/c1-3-17-39-35(13-1)36-14-2-8-22-44(36)52-51(39)45-31-33(27-30-48(45)54-52)50-42-20-6-4-18-40(42)49(41-19-5-7-21-43(41)50)32-25-28-34(29-26-32)53-46-23-11-9-15-37(46)38-16-10-12-24-47(38)53/h1-31H. The molecule has 0 N–H and O–H groups in total. The first-order chi connectivity index (χ1) is 26.8. The van der Waals surface area contributed by atoms with Gasteiger partial charge < -0.3 is 4.57 Å². The van der Waals surface area contributed by atoms with Crippen LogP contribution in [0.2, 0.25) is 0 Å². The van der Waals surface area contributed by atoms with E-state index in [4.69, 9.17) is 0 Å². The van der Waals surface area contributed by atoms with Crippen molar-refractivity contribution in [3.63, 3.8) is 0 Å². The third kappa shape index (κ3) is 4.14. The Morgan fingerprint density at radius 1 is 0.315 bits per heavy atom. The number of nitrogens with zero attached hydrogens (tertiary/aromatic N) is 1. The molecule has 0 atom stereocenters. The van der Waals surface area contributed by atoms with E-state index in [2.05, 4.69) is 193 Å². The second kappa shape index (κ2) is 11.4. The number of hydrogen-bond acceptors (Lipinski definition) is 1. The predicted octanol–water partition coefficient (Wildman–Crippen LogP) is 15.1. The summed E-state index contributed by atoms with van der Waals surface area (Å²) in [6.45, 7) is 0. The number of rotatable bonds is 3. The lowest BCUT2D eigenvalue weighted by Gasteiger charge is -2.18. The minimum absolute atomic E-state index is 1.16. The SMILES string of the molecule is c1ccc2c(-c3ccc4sc5c6ccccc6c6ccccc6c5c4c3)c3ccccc3c(-c3ccc(-n4c5ccccc5c5ccccc54)cc3)c2c1. The molecule has 1 nitrogen and oxygen atoms in total. The van der Waals surface area contributed by atoms with Crippen LogP contribution in [0, 0.1) is 0 Å². The predicted molar refractivity (Wildman–Crippen MR) is 235 cm³/mol. The van der Waals surface area contributed by atoms with Crippen LogP contribution in [-0.2, 0) is 0 Å². The van der Waals surface area contributed by atoms with Crippen LogP contribution in [0.1, 0.15) is 0 Å². The molecule has 250 valence electrons. The average Bonchev–Trinajstić information content (AvgIpc) is 3.79. The van der Waals surface area contributed by atoms with Gasteiger partial charge in [0, 0.05) is 42.0 Å². The molecule has 0 bridgehead atoms. The van der Waals surface area contributed by atoms with E-state index < -0.39 is 0 Å². The maximum Gasteiger partial charge on any atom is 0.0541 e. The van der Waals surface area contributed by atoms with Gasteiger partial charge >= 0.3 is 0 Å². The number of fused-ring (bicyclic) bond motifs is 13. The summed E-state index contributed by atoms with van der Waals surface area (Å²) < 4.78 is 5.08. The van der Waals surface area contributed by atoms with Crippen molar-refractivity contribution >= 4 is 96.4 Å². The molecule has 10 aromatic carbocycles. The highest BCUT2D eigenvalue weighted by molar-refractivity contribution is 7.27. The molecule has 12 rings (SSSR count). The van der Waals surface area contributed by atoms with Crippen LogP contribution in [0.5, 0.6) is 0 Å². The Morgan fingerprint density at radius 2 is 0.741 bits per heavy atom. The first-order valence-corrected chi connectivity index (χ1v) is 19.4. The van der Waals surface area contributed by atoms with Crippen LogP contribution in [0.15, 0.2) is 188 Å². The van der Waals surface area contributed by atoms with Crippen LogP contribution < -0.4 is 0 Å². The van der Waals surface area contributed by atoms with E-state index in [1.54, 1.807) is 0 Å². The molecular weight excluding hydrogens is 671 g/mol. The molecule has 0 fully saturated rings. The van der Waals surface area contributed by atoms with Gasteiger partial charge in [-0.05, 0) is 96.4 Å². The first kappa shape index (κ1) is 29.8. The summed E-state index contributed by atoms with van der Waals surface area (Å²) in [6.07, 6.45) is 0. The van der Waals surface area contributed by atoms with Gasteiger partial charge in [-0.3, -0.25) is 0 Å². The third-order valence-corrected chi connectivity index (χ3v) is 12.8. The van der Waals surface area contributed by atoms with E-state index in [1.807, 2.05) is 11.3 Å². The smallest absolute Gasteiger partial charge is 0.0541 e. The molecule has 0 unspecified atom stereocenters. The number of thiophene rings is 1. The maximum atomic E-state index is 2.46. The molecular formula is C52H31NS. The summed E-state index contributed by atoms with van der Waals surface area (Å²) in [7, 11) is 0. The second-order valence-electron chi connectivity index (χ2n) is 14.4. The van der Waals surface area contributed by atoms with Crippen molar-refractivity contribution in [1.29, 1.82) is 0 Å². The van der Waals surface area contributed by atoms with Gasteiger partial charge in [-0.1, -0.05) is 152 Å². The molecule has 0 spiro atoms. The lowest BCUT2D eigenvalue weighted by atomic mass is 9.85. The monoisotopic (exact) mass is 701 g/mol. The van der Waals surface area contributed by atoms with Crippen LogP contribution in [-0.4, -0.2) is 4.57 Å². The van der Waals surface area contributed by atoms with Gasteiger partial charge in [-0.2, -0.15) is 0 Å². The lowest BCUT2D eigenvalue weighted by Crippen LogP contribution is -1.94. The molecule has 0 radical (unpaired) electrons. The number of aromatic nitrogens is 1. The van der Waals surface area contributed by atoms with Crippen LogP contribution in [0.4, 0.5) is 0 Å². The number of para-hydroxylation sites is 2. The fourth-order valence-electron chi connectivity index (χ4n) is 9.29. The topological polar surface area (TPSA) is 4.93 Å². The molecule has 0 amide bonds. The highest BCUT2D eigenvalue weighted by Crippen LogP contribution is 2.48. The van der Waals surface area contributed by atoms with Crippen molar-refractivity contribution in [3.05, 3.63) is 188 Å². The molecule has 0 aliphatic rings. The highest BCUT2D eigenvalue weighted by atomic mass is 32.1. The largest absolute Gasteiger partial charge is 0.309 e. The van der Waals surface area contributed by atoms with Crippen molar-refractivity contribution in [2.45, 2.75) is 0 Å². The van der Waals surface area contributed by atoms with Gasteiger partial charge in [0.05, 0.1) is 11.0 Å². The molecule has 0 aliphatic heterocycles. The molecule has 2 aromatic heterocycles. The van der Waals surface area contributed by atoms with E-state index in [0.29, 0.717) is 0 Å². The van der Waals surface area contributed by atoms with E-state index in [0.717, 1.165) is 5.69 Å². The molecule has 12 aromatic rings. The Hall–Kier alpha value is -6.74. The quantitative estimate of drug-likeness (QED) is 0.128. The van der Waals surface area contributed by atoms with Gasteiger partial charge in [0.2, 0.25) is 0 Å². The zero-order chi connectivity index (χ0) is 35.3. The Labute approximate surface area is 315 Å². The molecule has 0 saturated heterocycles. The van der Waals surface area contributed by atoms with Gasteiger partial charge in [0.25, 0.3) is 0 Å². The minimum atomic E-state index is 1.16. The summed E-state index contributed by atoms with van der Waals surface area (Å²) in [5.74, 6) is 0. The molecule has 0 aliphatic carbocycles. The summed E-state index contributed by atoms with van der Waals surface area (Å²) in [5.41, 5.74) is 8.65. The van der Waals surface area contributed by atoms with E-state index in [9.17, 15) is 0 Å². The molecule has 0 saturated carbocycles. The summed E-state index contributed by atoms with van der Waals surface area (Å²) in [4.78, 5) is 0. The molecule has 2 heterocycles. The number of benzene rings is 10. The van der Waals surface area contributed by atoms with Crippen molar-refractivity contribution < 1.29 is 0 Å². The molecule has 2 heteroatoms. The van der Waals surface area contributed by atoms with E-state index >= 15 is 0 Å². The van der Waals surface area contributed by atoms with Gasteiger partial charge in [-0.15, -0.1) is 11.3 Å². The van der Waals surface area contributed by atoms with E-state index in [1.165, 1.54) is 107 Å². The normalized spacial score (nSPS) is 12.1. The van der Waals surface area contributed by atoms with Crippen molar-refractivity contribution in [1.82, 2.24) is 4.57 Å². The lowest BCUT2D eigenvalue weighted by molar-refractivity contribution is 1.18. The van der Waals surface area contributed by atoms with Crippen molar-refractivity contribution in [2.24, 2.45) is 0 Å². The van der Waals surface area contributed by atoms with Crippen molar-refractivity contribution in [3.8, 4) is 27.9 Å².